The van der Waals surface area contributed by atoms with E-state index in [-0.39, 0.29) is 17.7 Å². The lowest BCUT2D eigenvalue weighted by atomic mass is 10.0. The number of ether oxygens (including phenoxy) is 1. The second kappa shape index (κ2) is 7.61. The molecule has 3 aliphatic rings. The molecule has 0 bridgehead atoms. The number of carbonyl (C=O) groups excluding carboxylic acids is 2. The zero-order valence-electron chi connectivity index (χ0n) is 15.2. The number of benzene rings is 1. The van der Waals surface area contributed by atoms with Gasteiger partial charge in [0.1, 0.15) is 0 Å². The Morgan fingerprint density at radius 2 is 2.04 bits per heavy atom. The molecule has 2 aliphatic heterocycles. The molecule has 1 saturated carbocycles. The molecule has 2 heterocycles. The Labute approximate surface area is 159 Å². The third kappa shape index (κ3) is 3.76. The molecule has 1 aliphatic carbocycles. The van der Waals surface area contributed by atoms with Gasteiger partial charge in [0, 0.05) is 48.7 Å². The summed E-state index contributed by atoms with van der Waals surface area (Å²) in [5, 5.41) is 0. The van der Waals surface area contributed by atoms with E-state index >= 15 is 0 Å². The molecular weight excluding hydrogens is 348 g/mol. The van der Waals surface area contributed by atoms with Crippen molar-refractivity contribution in [2.45, 2.75) is 36.6 Å². The number of rotatable bonds is 6. The quantitative estimate of drug-likeness (QED) is 0.719. The molecule has 1 aromatic rings. The van der Waals surface area contributed by atoms with E-state index in [1.54, 1.807) is 16.7 Å². The number of hydrogen-bond acceptors (Lipinski definition) is 4. The predicted octanol–water partition coefficient (Wildman–Crippen LogP) is 2.79. The highest BCUT2D eigenvalue weighted by molar-refractivity contribution is 7.98. The van der Waals surface area contributed by atoms with Crippen LogP contribution in [0.15, 0.2) is 29.2 Å². The molecule has 0 aromatic heterocycles. The topological polar surface area (TPSA) is 49.9 Å². The highest BCUT2D eigenvalue weighted by atomic mass is 32.2. The highest BCUT2D eigenvalue weighted by Gasteiger charge is 2.42. The molecule has 1 aromatic carbocycles. The summed E-state index contributed by atoms with van der Waals surface area (Å²) in [4.78, 5) is 30.7. The maximum Gasteiger partial charge on any atom is 0.228 e. The zero-order chi connectivity index (χ0) is 18.1. The molecule has 2 unspecified atom stereocenters. The van der Waals surface area contributed by atoms with Crippen molar-refractivity contribution in [3.05, 3.63) is 24.3 Å². The Morgan fingerprint density at radius 3 is 2.65 bits per heavy atom. The minimum Gasteiger partial charge on any atom is -0.381 e. The minimum atomic E-state index is -0.217. The summed E-state index contributed by atoms with van der Waals surface area (Å²) in [7, 11) is 0. The van der Waals surface area contributed by atoms with Crippen LogP contribution in [0.5, 0.6) is 0 Å². The van der Waals surface area contributed by atoms with E-state index in [0.29, 0.717) is 24.9 Å². The van der Waals surface area contributed by atoms with Gasteiger partial charge in [-0.1, -0.05) is 0 Å². The van der Waals surface area contributed by atoms with Gasteiger partial charge in [0.05, 0.1) is 12.5 Å². The molecule has 0 N–H and O–H groups in total. The molecule has 26 heavy (non-hydrogen) atoms. The van der Waals surface area contributed by atoms with Gasteiger partial charge in [0.2, 0.25) is 11.8 Å². The Morgan fingerprint density at radius 1 is 1.27 bits per heavy atom. The first-order valence-electron chi connectivity index (χ1n) is 9.48. The standard InChI is InChI=1S/C20H26N2O3S/c1-26-18-6-4-16(5-7-18)21-12-15(10-19(21)23)20(24)22(17-2-3-17)11-14-8-9-25-13-14/h4-7,14-15,17H,2-3,8-13H2,1H3. The molecule has 0 spiro atoms. The van der Waals surface area contributed by atoms with Crippen molar-refractivity contribution in [1.82, 2.24) is 4.90 Å². The zero-order valence-corrected chi connectivity index (χ0v) is 16.0. The van der Waals surface area contributed by atoms with Gasteiger partial charge in [-0.15, -0.1) is 11.8 Å². The molecule has 4 rings (SSSR count). The lowest BCUT2D eigenvalue weighted by molar-refractivity contribution is -0.137. The SMILES string of the molecule is CSc1ccc(N2CC(C(=O)N(CC3CCOC3)C3CC3)CC2=O)cc1. The van der Waals surface area contributed by atoms with Crippen LogP contribution in [-0.2, 0) is 14.3 Å². The highest BCUT2D eigenvalue weighted by Crippen LogP contribution is 2.33. The Kier molecular flexibility index (Phi) is 5.23. The number of hydrogen-bond donors (Lipinski definition) is 0. The van der Waals surface area contributed by atoms with E-state index in [1.165, 1.54) is 4.90 Å². The predicted molar refractivity (Wildman–Crippen MR) is 102 cm³/mol. The fourth-order valence-corrected chi connectivity index (χ4v) is 4.34. The summed E-state index contributed by atoms with van der Waals surface area (Å²) in [6.07, 6.45) is 5.59. The van der Waals surface area contributed by atoms with Gasteiger partial charge < -0.3 is 14.5 Å². The largest absolute Gasteiger partial charge is 0.381 e. The van der Waals surface area contributed by atoms with E-state index in [0.717, 1.165) is 44.7 Å². The fourth-order valence-electron chi connectivity index (χ4n) is 3.93. The van der Waals surface area contributed by atoms with Gasteiger partial charge in [0.25, 0.3) is 0 Å². The molecule has 5 nitrogen and oxygen atoms in total. The molecule has 2 atom stereocenters. The van der Waals surface area contributed by atoms with Gasteiger partial charge in [-0.25, -0.2) is 0 Å². The smallest absolute Gasteiger partial charge is 0.228 e. The van der Waals surface area contributed by atoms with Crippen LogP contribution in [0, 0.1) is 11.8 Å². The van der Waals surface area contributed by atoms with Crippen LogP contribution >= 0.6 is 11.8 Å². The summed E-state index contributed by atoms with van der Waals surface area (Å²) in [6.45, 7) is 2.85. The molecule has 140 valence electrons. The van der Waals surface area contributed by atoms with Crippen LogP contribution in [0.3, 0.4) is 0 Å². The van der Waals surface area contributed by atoms with Crippen LogP contribution in [0.1, 0.15) is 25.7 Å². The van der Waals surface area contributed by atoms with E-state index in [4.69, 9.17) is 4.74 Å². The summed E-state index contributed by atoms with van der Waals surface area (Å²) >= 11 is 1.68. The van der Waals surface area contributed by atoms with Crippen LogP contribution in [0.4, 0.5) is 5.69 Å². The summed E-state index contributed by atoms with van der Waals surface area (Å²) in [5.41, 5.74) is 0.894. The minimum absolute atomic E-state index is 0.0557. The van der Waals surface area contributed by atoms with Crippen molar-refractivity contribution in [3.63, 3.8) is 0 Å². The summed E-state index contributed by atoms with van der Waals surface area (Å²) in [5.74, 6) is 0.452. The third-order valence-corrected chi connectivity index (χ3v) is 6.35. The van der Waals surface area contributed by atoms with Gasteiger partial charge in [0.15, 0.2) is 0 Å². The lowest BCUT2D eigenvalue weighted by Gasteiger charge is -2.27. The van der Waals surface area contributed by atoms with E-state index in [2.05, 4.69) is 4.90 Å². The Balaban J connectivity index is 1.43. The van der Waals surface area contributed by atoms with E-state index < -0.39 is 0 Å². The van der Waals surface area contributed by atoms with Crippen LogP contribution in [0.25, 0.3) is 0 Å². The lowest BCUT2D eigenvalue weighted by Crippen LogP contribution is -2.42. The maximum absolute atomic E-state index is 13.1. The first-order valence-corrected chi connectivity index (χ1v) is 10.7. The van der Waals surface area contributed by atoms with E-state index in [1.807, 2.05) is 30.5 Å². The Bertz CT molecular complexity index is 668. The van der Waals surface area contributed by atoms with Gasteiger partial charge >= 0.3 is 0 Å². The third-order valence-electron chi connectivity index (χ3n) is 5.61. The van der Waals surface area contributed by atoms with Gasteiger partial charge in [-0.2, -0.15) is 0 Å². The second-order valence-corrected chi connectivity index (χ2v) is 8.43. The molecular formula is C20H26N2O3S. The number of amides is 2. The average molecular weight is 375 g/mol. The molecule has 2 amide bonds. The van der Waals surface area contributed by atoms with Crippen LogP contribution in [-0.4, -0.2) is 55.3 Å². The number of nitrogens with zero attached hydrogens (tertiary/aromatic N) is 2. The number of anilines is 1. The van der Waals surface area contributed by atoms with Gasteiger partial charge in [-0.05, 0) is 49.8 Å². The monoisotopic (exact) mass is 374 g/mol. The molecule has 3 fully saturated rings. The first kappa shape index (κ1) is 17.9. The normalized spacial score (nSPS) is 25.7. The summed E-state index contributed by atoms with van der Waals surface area (Å²) in [6, 6.07) is 8.39. The molecule has 6 heteroatoms. The van der Waals surface area contributed by atoms with Gasteiger partial charge in [-0.3, -0.25) is 9.59 Å². The number of carbonyl (C=O) groups is 2. The average Bonchev–Trinajstić information content (AvgIpc) is 3.23. The van der Waals surface area contributed by atoms with Crippen LogP contribution < -0.4 is 4.90 Å². The molecule has 2 saturated heterocycles. The molecule has 0 radical (unpaired) electrons. The van der Waals surface area contributed by atoms with Crippen molar-refractivity contribution < 1.29 is 14.3 Å². The van der Waals surface area contributed by atoms with E-state index in [9.17, 15) is 9.59 Å². The van der Waals surface area contributed by atoms with Crippen molar-refractivity contribution in [3.8, 4) is 0 Å². The van der Waals surface area contributed by atoms with Crippen molar-refractivity contribution in [2.24, 2.45) is 11.8 Å². The summed E-state index contributed by atoms with van der Waals surface area (Å²) < 4.78 is 5.47. The fraction of sp³-hybridized carbons (Fsp3) is 0.600. The number of thioether (sulfide) groups is 1. The van der Waals surface area contributed by atoms with Crippen molar-refractivity contribution >= 4 is 29.3 Å². The second-order valence-electron chi connectivity index (χ2n) is 7.55. The Hall–Kier alpha value is -1.53. The first-order chi connectivity index (χ1) is 12.7. The van der Waals surface area contributed by atoms with Crippen LogP contribution in [0.2, 0.25) is 0 Å². The maximum atomic E-state index is 13.1. The van der Waals surface area contributed by atoms with Crippen molar-refractivity contribution in [1.29, 1.82) is 0 Å². The van der Waals surface area contributed by atoms with Crippen molar-refractivity contribution in [2.75, 3.05) is 37.5 Å².